The maximum atomic E-state index is 13.7. The lowest BCUT2D eigenvalue weighted by Crippen LogP contribution is -2.56. The second-order valence-electron chi connectivity index (χ2n) is 9.55. The van der Waals surface area contributed by atoms with Crippen LogP contribution in [-0.4, -0.2) is 52.3 Å². The molecule has 0 radical (unpaired) electrons. The van der Waals surface area contributed by atoms with Gasteiger partial charge in [-0.25, -0.2) is 4.79 Å². The molecule has 0 saturated carbocycles. The Morgan fingerprint density at radius 3 is 2.03 bits per heavy atom. The predicted octanol–water partition coefficient (Wildman–Crippen LogP) is 4.26. The Morgan fingerprint density at radius 1 is 1.03 bits per heavy atom. The molecule has 1 rings (SSSR count). The van der Waals surface area contributed by atoms with E-state index >= 15 is 0 Å². The molecule has 8 heteroatoms. The summed E-state index contributed by atoms with van der Waals surface area (Å²) in [6.07, 6.45) is 0.809. The first-order chi connectivity index (χ1) is 15.3. The van der Waals surface area contributed by atoms with E-state index in [1.165, 1.54) is 0 Å². The van der Waals surface area contributed by atoms with Crippen LogP contribution in [0, 0.1) is 0 Å². The van der Waals surface area contributed by atoms with Crippen LogP contribution < -0.4 is 10.6 Å². The lowest BCUT2D eigenvalue weighted by molar-refractivity contribution is -0.144. The maximum Gasteiger partial charge on any atom is 0.408 e. The summed E-state index contributed by atoms with van der Waals surface area (Å²) in [6.45, 7) is 14.9. The van der Waals surface area contributed by atoms with Crippen LogP contribution in [0.5, 0.6) is 0 Å². The smallest absolute Gasteiger partial charge is 0.408 e. The lowest BCUT2D eigenvalue weighted by atomic mass is 9.98. The van der Waals surface area contributed by atoms with Gasteiger partial charge in [0.05, 0.1) is 0 Å². The summed E-state index contributed by atoms with van der Waals surface area (Å²) >= 11 is 4.30. The van der Waals surface area contributed by atoms with Crippen molar-refractivity contribution in [3.8, 4) is 0 Å². The number of thiol groups is 1. The molecule has 3 amide bonds. The number of nitrogens with zero attached hydrogens (tertiary/aromatic N) is 1. The number of carbonyl (C=O) groups is 3. The molecule has 0 bridgehead atoms. The van der Waals surface area contributed by atoms with Crippen molar-refractivity contribution in [1.82, 2.24) is 15.5 Å². The van der Waals surface area contributed by atoms with E-state index in [4.69, 9.17) is 4.74 Å². The molecule has 0 aromatic heterocycles. The highest BCUT2D eigenvalue weighted by Gasteiger charge is 2.38. The van der Waals surface area contributed by atoms with Crippen LogP contribution in [0.2, 0.25) is 0 Å². The Kier molecular flexibility index (Phi) is 11.2. The molecule has 186 valence electrons. The molecule has 0 aliphatic rings. The maximum absolute atomic E-state index is 13.7. The molecule has 0 fully saturated rings. The van der Waals surface area contributed by atoms with E-state index in [0.29, 0.717) is 12.0 Å². The third kappa shape index (κ3) is 8.91. The molecule has 2 N–H and O–H groups in total. The monoisotopic (exact) mass is 479 g/mol. The standard InChI is InChI=1S/C25H41N3O4S/c1-9-17(5)28(23(30)20(15-33)27-24(31)32-25(6,7)8)21(22(29)26-16(3)4)19-13-11-18(10-2)12-14-19/h11-14,16-17,20-21,33H,9-10,15H2,1-8H3,(H,26,29)(H,27,31). The number of carbonyl (C=O) groups excluding carboxylic acids is 3. The number of ether oxygens (including phenoxy) is 1. The van der Waals surface area contributed by atoms with Gasteiger partial charge >= 0.3 is 6.09 Å². The quantitative estimate of drug-likeness (QED) is 0.438. The molecule has 1 aromatic carbocycles. The van der Waals surface area contributed by atoms with Crippen LogP contribution in [0.25, 0.3) is 0 Å². The predicted molar refractivity (Wildman–Crippen MR) is 135 cm³/mol. The van der Waals surface area contributed by atoms with Gasteiger partial charge in [-0.05, 0) is 65.5 Å². The Hall–Kier alpha value is -2.22. The highest BCUT2D eigenvalue weighted by Crippen LogP contribution is 2.27. The van der Waals surface area contributed by atoms with Gasteiger partial charge in [-0.1, -0.05) is 38.1 Å². The normalized spacial score (nSPS) is 14.2. The summed E-state index contributed by atoms with van der Waals surface area (Å²) in [4.78, 5) is 41.0. The first-order valence-electron chi connectivity index (χ1n) is 11.7. The van der Waals surface area contributed by atoms with Crippen LogP contribution >= 0.6 is 12.6 Å². The SMILES string of the molecule is CCc1ccc(C(C(=O)NC(C)C)N(C(=O)C(CS)NC(=O)OC(C)(C)C)C(C)CC)cc1. The highest BCUT2D eigenvalue weighted by molar-refractivity contribution is 7.80. The van der Waals surface area contributed by atoms with E-state index in [-0.39, 0.29) is 29.7 Å². The summed E-state index contributed by atoms with van der Waals surface area (Å²) in [7, 11) is 0. The molecular formula is C25H41N3O4S. The molecule has 1 aromatic rings. The second-order valence-corrected chi connectivity index (χ2v) is 9.91. The van der Waals surface area contributed by atoms with Crippen LogP contribution in [0.3, 0.4) is 0 Å². The van der Waals surface area contributed by atoms with Gasteiger partial charge in [-0.15, -0.1) is 0 Å². The summed E-state index contributed by atoms with van der Waals surface area (Å²) in [5.41, 5.74) is 1.16. The van der Waals surface area contributed by atoms with Crippen molar-refractivity contribution < 1.29 is 19.1 Å². The number of aryl methyl sites for hydroxylation is 1. The van der Waals surface area contributed by atoms with Gasteiger partial charge in [0.1, 0.15) is 17.7 Å². The molecule has 0 aliphatic carbocycles. The number of hydrogen-bond acceptors (Lipinski definition) is 5. The van der Waals surface area contributed by atoms with Gasteiger partial charge < -0.3 is 20.3 Å². The first kappa shape index (κ1) is 28.8. The van der Waals surface area contributed by atoms with Gasteiger partial charge in [0, 0.05) is 17.8 Å². The van der Waals surface area contributed by atoms with Crippen LogP contribution in [0.1, 0.15) is 79.0 Å². The van der Waals surface area contributed by atoms with Gasteiger partial charge in [-0.3, -0.25) is 9.59 Å². The molecule has 33 heavy (non-hydrogen) atoms. The molecular weight excluding hydrogens is 438 g/mol. The average Bonchev–Trinajstić information content (AvgIpc) is 2.73. The van der Waals surface area contributed by atoms with Crippen molar-refractivity contribution in [2.75, 3.05) is 5.75 Å². The van der Waals surface area contributed by atoms with Crippen LogP contribution in [-0.2, 0) is 20.7 Å². The fourth-order valence-electron chi connectivity index (χ4n) is 3.35. The summed E-state index contributed by atoms with van der Waals surface area (Å²) in [5.74, 6) is -0.579. The highest BCUT2D eigenvalue weighted by atomic mass is 32.1. The van der Waals surface area contributed by atoms with Crippen molar-refractivity contribution in [2.24, 2.45) is 0 Å². The fourth-order valence-corrected chi connectivity index (χ4v) is 3.60. The van der Waals surface area contributed by atoms with Gasteiger partial charge in [0.25, 0.3) is 0 Å². The largest absolute Gasteiger partial charge is 0.444 e. The zero-order valence-electron chi connectivity index (χ0n) is 21.3. The van der Waals surface area contributed by atoms with Gasteiger partial charge in [-0.2, -0.15) is 12.6 Å². The van der Waals surface area contributed by atoms with Crippen molar-refractivity contribution in [1.29, 1.82) is 0 Å². The van der Waals surface area contributed by atoms with Crippen molar-refractivity contribution >= 4 is 30.5 Å². The average molecular weight is 480 g/mol. The summed E-state index contributed by atoms with van der Waals surface area (Å²) < 4.78 is 5.32. The minimum absolute atomic E-state index is 0.0678. The summed E-state index contributed by atoms with van der Waals surface area (Å²) in [6, 6.07) is 5.59. The molecule has 3 atom stereocenters. The van der Waals surface area contributed by atoms with Crippen molar-refractivity contribution in [3.05, 3.63) is 35.4 Å². The Bertz CT molecular complexity index is 790. The fraction of sp³-hybridized carbons (Fsp3) is 0.640. The Morgan fingerprint density at radius 2 is 1.61 bits per heavy atom. The molecule has 0 aliphatic heterocycles. The molecule has 0 heterocycles. The van der Waals surface area contributed by atoms with Crippen LogP contribution in [0.4, 0.5) is 4.79 Å². The Labute approximate surface area is 204 Å². The molecule has 0 spiro atoms. The first-order valence-corrected chi connectivity index (χ1v) is 12.3. The number of nitrogens with one attached hydrogen (secondary N) is 2. The van der Waals surface area contributed by atoms with Gasteiger partial charge in [0.15, 0.2) is 0 Å². The molecule has 3 unspecified atom stereocenters. The number of hydrogen-bond donors (Lipinski definition) is 3. The Balaban J connectivity index is 3.41. The third-order valence-corrected chi connectivity index (χ3v) is 5.52. The van der Waals surface area contributed by atoms with Crippen molar-refractivity contribution in [3.63, 3.8) is 0 Å². The number of benzene rings is 1. The lowest BCUT2D eigenvalue weighted by Gasteiger charge is -2.38. The number of amides is 3. The van der Waals surface area contributed by atoms with Crippen LogP contribution in [0.15, 0.2) is 24.3 Å². The zero-order valence-corrected chi connectivity index (χ0v) is 22.2. The minimum Gasteiger partial charge on any atom is -0.444 e. The molecule has 7 nitrogen and oxygen atoms in total. The second kappa shape index (κ2) is 12.9. The zero-order chi connectivity index (χ0) is 25.3. The van der Waals surface area contributed by atoms with E-state index < -0.39 is 23.8 Å². The third-order valence-electron chi connectivity index (χ3n) is 5.15. The van der Waals surface area contributed by atoms with E-state index in [2.05, 4.69) is 30.2 Å². The van der Waals surface area contributed by atoms with E-state index in [1.54, 1.807) is 25.7 Å². The summed E-state index contributed by atoms with van der Waals surface area (Å²) in [5, 5.41) is 5.58. The van der Waals surface area contributed by atoms with E-state index in [1.807, 2.05) is 52.0 Å². The van der Waals surface area contributed by atoms with Crippen molar-refractivity contribution in [2.45, 2.75) is 98.0 Å². The minimum atomic E-state index is -0.943. The number of alkyl carbamates (subject to hydrolysis) is 1. The topological polar surface area (TPSA) is 87.7 Å². The van der Waals surface area contributed by atoms with Gasteiger partial charge in [0.2, 0.25) is 11.8 Å². The van der Waals surface area contributed by atoms with E-state index in [0.717, 1.165) is 12.0 Å². The van der Waals surface area contributed by atoms with E-state index in [9.17, 15) is 14.4 Å². The number of rotatable bonds is 10. The molecule has 0 saturated heterocycles.